The molecule has 0 saturated heterocycles. The predicted octanol–water partition coefficient (Wildman–Crippen LogP) is 4.58. The number of rotatable bonds is 8. The van der Waals surface area contributed by atoms with Crippen LogP contribution in [0.1, 0.15) is 24.7 Å². The van der Waals surface area contributed by atoms with Crippen LogP contribution in [0.5, 0.6) is 5.75 Å². The summed E-state index contributed by atoms with van der Waals surface area (Å²) in [5, 5.41) is 12.8. The van der Waals surface area contributed by atoms with Crippen molar-refractivity contribution in [3.05, 3.63) is 53.3 Å². The number of para-hydroxylation sites is 1. The lowest BCUT2D eigenvalue weighted by Gasteiger charge is -2.11. The first-order chi connectivity index (χ1) is 15.2. The van der Waals surface area contributed by atoms with Crippen LogP contribution >= 0.6 is 35.1 Å². The Labute approximate surface area is 191 Å². The average Bonchev–Trinajstić information content (AvgIpc) is 3.34. The van der Waals surface area contributed by atoms with Crippen molar-refractivity contribution in [1.29, 1.82) is 0 Å². The molecule has 0 aliphatic heterocycles. The summed E-state index contributed by atoms with van der Waals surface area (Å²) in [6.45, 7) is 0.263. The summed E-state index contributed by atoms with van der Waals surface area (Å²) in [6, 6.07) is 13.2. The average molecular weight is 473 g/mol. The smallest absolute Gasteiger partial charge is 0.234 e. The second-order valence-corrected chi connectivity index (χ2v) is 8.87. The molecule has 31 heavy (non-hydrogen) atoms. The molecule has 4 aromatic rings. The molecule has 0 radical (unpaired) electrons. The van der Waals surface area contributed by atoms with E-state index in [2.05, 4.69) is 28.8 Å². The first kappa shape index (κ1) is 20.2. The van der Waals surface area contributed by atoms with Gasteiger partial charge in [0.1, 0.15) is 23.4 Å². The number of ether oxygens (including phenoxy) is 1. The van der Waals surface area contributed by atoms with Gasteiger partial charge in [-0.1, -0.05) is 41.6 Å². The third-order valence-corrected chi connectivity index (χ3v) is 6.53. The summed E-state index contributed by atoms with van der Waals surface area (Å²) >= 11 is 8.65. The van der Waals surface area contributed by atoms with Crippen LogP contribution in [0, 0.1) is 0 Å². The Morgan fingerprint density at radius 1 is 1.19 bits per heavy atom. The topological polar surface area (TPSA) is 94.8 Å². The van der Waals surface area contributed by atoms with E-state index in [9.17, 15) is 4.79 Å². The van der Waals surface area contributed by atoms with Crippen molar-refractivity contribution in [3.63, 3.8) is 0 Å². The second-order valence-electron chi connectivity index (χ2n) is 6.99. The molecule has 2 heterocycles. The van der Waals surface area contributed by atoms with Gasteiger partial charge in [0.05, 0.1) is 28.2 Å². The number of halogens is 1. The maximum Gasteiger partial charge on any atom is 0.234 e. The number of carbonyl (C=O) groups is 1. The van der Waals surface area contributed by atoms with Crippen molar-refractivity contribution in [2.45, 2.75) is 30.6 Å². The minimum atomic E-state index is -0.135. The number of fused-ring (bicyclic) bond motifs is 1. The molecule has 0 unspecified atom stereocenters. The molecule has 8 nitrogen and oxygen atoms in total. The summed E-state index contributed by atoms with van der Waals surface area (Å²) in [5.41, 5.74) is 2.13. The zero-order valence-electron chi connectivity index (χ0n) is 16.2. The Kier molecular flexibility index (Phi) is 5.75. The minimum absolute atomic E-state index is 0.135. The zero-order valence-corrected chi connectivity index (χ0v) is 18.6. The third-order valence-electron chi connectivity index (χ3n) is 4.73. The number of carbonyl (C=O) groups excluding carboxylic acids is 1. The van der Waals surface area contributed by atoms with E-state index in [1.165, 1.54) is 11.8 Å². The molecule has 0 spiro atoms. The van der Waals surface area contributed by atoms with Crippen LogP contribution < -0.4 is 10.1 Å². The number of nitrogens with one attached hydrogen (secondary N) is 1. The minimum Gasteiger partial charge on any atom is -0.484 e. The van der Waals surface area contributed by atoms with Gasteiger partial charge in [0, 0.05) is 6.04 Å². The highest BCUT2D eigenvalue weighted by molar-refractivity contribution is 7.99. The highest BCUT2D eigenvalue weighted by atomic mass is 35.5. The summed E-state index contributed by atoms with van der Waals surface area (Å²) in [5.74, 6) is 1.41. The van der Waals surface area contributed by atoms with E-state index in [1.54, 1.807) is 6.07 Å². The number of benzene rings is 2. The van der Waals surface area contributed by atoms with E-state index in [1.807, 2.05) is 36.4 Å². The summed E-state index contributed by atoms with van der Waals surface area (Å²) in [4.78, 5) is 12.5. The van der Waals surface area contributed by atoms with Crippen molar-refractivity contribution < 1.29 is 9.53 Å². The van der Waals surface area contributed by atoms with Crippen LogP contribution in [0.25, 0.3) is 11.0 Å². The number of thioether (sulfide) groups is 1. The largest absolute Gasteiger partial charge is 0.484 e. The van der Waals surface area contributed by atoms with Crippen LogP contribution in [0.15, 0.2) is 47.6 Å². The predicted molar refractivity (Wildman–Crippen MR) is 121 cm³/mol. The van der Waals surface area contributed by atoms with Crippen molar-refractivity contribution in [1.82, 2.24) is 23.5 Å². The molecular weight excluding hydrogens is 456 g/mol. The van der Waals surface area contributed by atoms with Crippen LogP contribution in [-0.4, -0.2) is 35.2 Å². The third kappa shape index (κ3) is 4.51. The number of aromatic nitrogens is 5. The molecule has 158 valence electrons. The quantitative estimate of drug-likeness (QED) is 0.375. The molecule has 2 aromatic carbocycles. The number of hydrogen-bond acceptors (Lipinski definition) is 8. The molecule has 1 aliphatic carbocycles. The van der Waals surface area contributed by atoms with E-state index in [0.717, 1.165) is 35.9 Å². The van der Waals surface area contributed by atoms with Gasteiger partial charge >= 0.3 is 0 Å². The van der Waals surface area contributed by atoms with Gasteiger partial charge in [0.15, 0.2) is 11.0 Å². The molecular formula is C20H17ClN6O2S2. The van der Waals surface area contributed by atoms with Gasteiger partial charge in [-0.05, 0) is 37.1 Å². The van der Waals surface area contributed by atoms with E-state index in [0.29, 0.717) is 33.2 Å². The van der Waals surface area contributed by atoms with Crippen molar-refractivity contribution in [2.75, 3.05) is 11.1 Å². The van der Waals surface area contributed by atoms with E-state index in [4.69, 9.17) is 16.3 Å². The van der Waals surface area contributed by atoms with Gasteiger partial charge in [0.25, 0.3) is 0 Å². The standard InChI is InChI=1S/C20H17ClN6O2S2/c21-13-4-1-2-7-16(13)29-10-17-23-24-20(27(17)12-8-9-12)30-11-18(28)22-14-5-3-6-15-19(14)26-31-25-15/h1-7,12H,8-11H2,(H,22,28). The molecule has 1 aliphatic rings. The molecule has 5 rings (SSSR count). The number of hydrogen-bond donors (Lipinski definition) is 1. The fourth-order valence-electron chi connectivity index (χ4n) is 3.13. The molecule has 11 heteroatoms. The number of nitrogens with zero attached hydrogens (tertiary/aromatic N) is 5. The molecule has 2 aromatic heterocycles. The first-order valence-electron chi connectivity index (χ1n) is 9.64. The number of anilines is 1. The Balaban J connectivity index is 1.25. The van der Waals surface area contributed by atoms with Crippen molar-refractivity contribution in [3.8, 4) is 5.75 Å². The fraction of sp³-hybridized carbons (Fsp3) is 0.250. The first-order valence-corrected chi connectivity index (χ1v) is 11.7. The molecule has 1 fully saturated rings. The highest BCUT2D eigenvalue weighted by Crippen LogP contribution is 2.39. The Bertz CT molecular complexity index is 1240. The Morgan fingerprint density at radius 3 is 2.90 bits per heavy atom. The summed E-state index contributed by atoms with van der Waals surface area (Å²) in [6.07, 6.45) is 2.13. The molecule has 1 amide bonds. The maximum atomic E-state index is 12.5. The molecule has 0 bridgehead atoms. The lowest BCUT2D eigenvalue weighted by molar-refractivity contribution is -0.113. The van der Waals surface area contributed by atoms with Gasteiger partial charge in [0.2, 0.25) is 5.91 Å². The normalized spacial score (nSPS) is 13.5. The van der Waals surface area contributed by atoms with Gasteiger partial charge in [-0.15, -0.1) is 10.2 Å². The monoisotopic (exact) mass is 472 g/mol. The van der Waals surface area contributed by atoms with Gasteiger partial charge in [-0.2, -0.15) is 8.75 Å². The molecule has 1 saturated carbocycles. The second kappa shape index (κ2) is 8.81. The fourth-order valence-corrected chi connectivity index (χ4v) is 4.70. The van der Waals surface area contributed by atoms with Crippen LogP contribution in [0.3, 0.4) is 0 Å². The maximum absolute atomic E-state index is 12.5. The lowest BCUT2D eigenvalue weighted by atomic mass is 10.2. The van der Waals surface area contributed by atoms with E-state index in [-0.39, 0.29) is 18.3 Å². The SMILES string of the molecule is O=C(CSc1nnc(COc2ccccc2Cl)n1C1CC1)Nc1cccc2nsnc12. The van der Waals surface area contributed by atoms with Gasteiger partial charge in [-0.3, -0.25) is 9.36 Å². The highest BCUT2D eigenvalue weighted by Gasteiger charge is 2.30. The molecule has 1 N–H and O–H groups in total. The van der Waals surface area contributed by atoms with Crippen LogP contribution in [-0.2, 0) is 11.4 Å². The summed E-state index contributed by atoms with van der Waals surface area (Å²) in [7, 11) is 0. The molecule has 0 atom stereocenters. The van der Waals surface area contributed by atoms with E-state index >= 15 is 0 Å². The summed E-state index contributed by atoms with van der Waals surface area (Å²) < 4.78 is 16.4. The van der Waals surface area contributed by atoms with Crippen LogP contribution in [0.4, 0.5) is 5.69 Å². The van der Waals surface area contributed by atoms with E-state index < -0.39 is 0 Å². The zero-order chi connectivity index (χ0) is 21.2. The van der Waals surface area contributed by atoms with Crippen molar-refractivity contribution >= 4 is 57.7 Å². The van der Waals surface area contributed by atoms with Gasteiger partial charge < -0.3 is 10.1 Å². The Morgan fingerprint density at radius 2 is 2.06 bits per heavy atom. The van der Waals surface area contributed by atoms with Crippen LogP contribution in [0.2, 0.25) is 5.02 Å². The number of amides is 1. The van der Waals surface area contributed by atoms with Gasteiger partial charge in [-0.25, -0.2) is 0 Å². The van der Waals surface area contributed by atoms with Crippen molar-refractivity contribution in [2.24, 2.45) is 0 Å². The Hall–Kier alpha value is -2.69. The lowest BCUT2D eigenvalue weighted by Crippen LogP contribution is -2.15.